The van der Waals surface area contributed by atoms with E-state index in [1.165, 1.54) is 16.2 Å². The quantitative estimate of drug-likeness (QED) is 0.164. The molecule has 12 aromatic rings. The third-order valence-corrected chi connectivity index (χ3v) is 11.5. The van der Waals surface area contributed by atoms with Gasteiger partial charge in [-0.2, -0.15) is 0 Å². The molecule has 5 nitrogen and oxygen atoms in total. The maximum absolute atomic E-state index is 6.29. The zero-order valence-electron chi connectivity index (χ0n) is 31.7. The van der Waals surface area contributed by atoms with E-state index >= 15 is 0 Å². The van der Waals surface area contributed by atoms with Gasteiger partial charge < -0.3 is 4.42 Å². The van der Waals surface area contributed by atoms with Gasteiger partial charge in [0, 0.05) is 43.8 Å². The fourth-order valence-corrected chi connectivity index (χ4v) is 8.79. The highest BCUT2D eigenvalue weighted by molar-refractivity contribution is 6.21. The molecule has 0 aliphatic carbocycles. The molecule has 0 unspecified atom stereocenters. The molecule has 0 saturated carbocycles. The Kier molecular flexibility index (Phi) is 7.47. The van der Waals surface area contributed by atoms with E-state index in [-0.39, 0.29) is 0 Å². The minimum atomic E-state index is 0.602. The predicted octanol–water partition coefficient (Wildman–Crippen LogP) is 14.1. The molecular weight excluding hydrogens is 721 g/mol. The molecule has 0 fully saturated rings. The summed E-state index contributed by atoms with van der Waals surface area (Å²) in [5.41, 5.74) is 9.70. The predicted molar refractivity (Wildman–Crippen MR) is 242 cm³/mol. The van der Waals surface area contributed by atoms with E-state index in [1.807, 2.05) is 48.5 Å². The third kappa shape index (κ3) is 5.40. The van der Waals surface area contributed by atoms with E-state index in [4.69, 9.17) is 24.4 Å². The highest BCUT2D eigenvalue weighted by Gasteiger charge is 2.19. The molecule has 0 amide bonds. The lowest BCUT2D eigenvalue weighted by molar-refractivity contribution is 0.669. The SMILES string of the molecule is c1ccc(-c2nc(-c3ccc(-c4nc5ccccc5c5ccc6ccccc6c45)cc3)nc(-c3cccc4c(-c5cccc6oc7ccccc7c56)cccc34)n2)cc1. The molecule has 3 aromatic heterocycles. The number of benzene rings is 9. The minimum absolute atomic E-state index is 0.602. The van der Waals surface area contributed by atoms with Crippen LogP contribution in [0.4, 0.5) is 0 Å². The van der Waals surface area contributed by atoms with E-state index < -0.39 is 0 Å². The summed E-state index contributed by atoms with van der Waals surface area (Å²) >= 11 is 0. The van der Waals surface area contributed by atoms with Crippen molar-refractivity contribution in [2.45, 2.75) is 0 Å². The number of fused-ring (bicyclic) bond motifs is 9. The van der Waals surface area contributed by atoms with Crippen LogP contribution in [0.5, 0.6) is 0 Å². The summed E-state index contributed by atoms with van der Waals surface area (Å²) in [6.07, 6.45) is 0. The highest BCUT2D eigenvalue weighted by atomic mass is 16.3. The summed E-state index contributed by atoms with van der Waals surface area (Å²) in [4.78, 5) is 20.7. The van der Waals surface area contributed by atoms with Crippen molar-refractivity contribution in [1.82, 2.24) is 19.9 Å². The van der Waals surface area contributed by atoms with E-state index in [0.717, 1.165) is 88.1 Å². The molecule has 274 valence electrons. The standard InChI is InChI=1S/C54H32N4O/c1-2-14-35(15-3-1)52-56-53(36-29-27-34(28-30-36)51-50-37-16-5-4-13-33(37)31-32-43(50)41-17-6-8-24-46(41)55-51)58-54(57-52)44-23-11-19-38-39(20-10-21-40(38)44)42-22-12-26-48-49(42)45-18-7-9-25-47(45)59-48/h1-32H. The van der Waals surface area contributed by atoms with Gasteiger partial charge in [-0.1, -0.05) is 176 Å². The Morgan fingerprint density at radius 1 is 0.288 bits per heavy atom. The lowest BCUT2D eigenvalue weighted by Crippen LogP contribution is -2.00. The number of furan rings is 1. The van der Waals surface area contributed by atoms with Gasteiger partial charge >= 0.3 is 0 Å². The van der Waals surface area contributed by atoms with Gasteiger partial charge in [0.05, 0.1) is 11.2 Å². The fourth-order valence-electron chi connectivity index (χ4n) is 8.79. The van der Waals surface area contributed by atoms with Gasteiger partial charge in [-0.15, -0.1) is 0 Å². The van der Waals surface area contributed by atoms with Gasteiger partial charge in [0.1, 0.15) is 11.2 Å². The highest BCUT2D eigenvalue weighted by Crippen LogP contribution is 2.42. The first kappa shape index (κ1) is 33.2. The average molecular weight is 753 g/mol. The van der Waals surface area contributed by atoms with Crippen LogP contribution in [0.1, 0.15) is 0 Å². The normalized spacial score (nSPS) is 11.7. The topological polar surface area (TPSA) is 64.7 Å². The first-order valence-electron chi connectivity index (χ1n) is 19.8. The van der Waals surface area contributed by atoms with Crippen LogP contribution in [0.2, 0.25) is 0 Å². The van der Waals surface area contributed by atoms with Crippen molar-refractivity contribution in [3.63, 3.8) is 0 Å². The largest absolute Gasteiger partial charge is 0.456 e. The average Bonchev–Trinajstić information content (AvgIpc) is 3.70. The lowest BCUT2D eigenvalue weighted by Gasteiger charge is -2.14. The maximum Gasteiger partial charge on any atom is 0.164 e. The van der Waals surface area contributed by atoms with Crippen molar-refractivity contribution < 1.29 is 4.42 Å². The van der Waals surface area contributed by atoms with Gasteiger partial charge in [0.2, 0.25) is 0 Å². The molecule has 0 aliphatic rings. The fraction of sp³-hybridized carbons (Fsp3) is 0. The van der Waals surface area contributed by atoms with Crippen LogP contribution in [0.3, 0.4) is 0 Å². The Morgan fingerprint density at radius 2 is 0.864 bits per heavy atom. The van der Waals surface area contributed by atoms with Crippen LogP contribution in [0.25, 0.3) is 122 Å². The summed E-state index contributed by atoms with van der Waals surface area (Å²) in [5.74, 6) is 1.83. The number of para-hydroxylation sites is 2. The Morgan fingerprint density at radius 3 is 1.69 bits per heavy atom. The molecule has 3 heterocycles. The zero-order chi connectivity index (χ0) is 38.9. The molecule has 9 aromatic carbocycles. The number of hydrogen-bond acceptors (Lipinski definition) is 5. The van der Waals surface area contributed by atoms with Crippen molar-refractivity contribution in [2.24, 2.45) is 0 Å². The number of hydrogen-bond donors (Lipinski definition) is 0. The van der Waals surface area contributed by atoms with Crippen LogP contribution in [0, 0.1) is 0 Å². The molecule has 0 N–H and O–H groups in total. The number of rotatable bonds is 5. The summed E-state index contributed by atoms with van der Waals surface area (Å²) < 4.78 is 6.29. The second kappa shape index (κ2) is 13.3. The van der Waals surface area contributed by atoms with Crippen molar-refractivity contribution in [1.29, 1.82) is 0 Å². The van der Waals surface area contributed by atoms with Crippen LogP contribution in [-0.4, -0.2) is 19.9 Å². The van der Waals surface area contributed by atoms with E-state index in [2.05, 4.69) is 146 Å². The minimum Gasteiger partial charge on any atom is -0.456 e. The first-order chi connectivity index (χ1) is 29.2. The van der Waals surface area contributed by atoms with Gasteiger partial charge in [-0.3, -0.25) is 0 Å². The molecule has 0 radical (unpaired) electrons. The van der Waals surface area contributed by atoms with Gasteiger partial charge in [0.25, 0.3) is 0 Å². The van der Waals surface area contributed by atoms with E-state index in [1.54, 1.807) is 0 Å². The smallest absolute Gasteiger partial charge is 0.164 e. The van der Waals surface area contributed by atoms with Crippen molar-refractivity contribution >= 4 is 65.2 Å². The molecule has 0 spiro atoms. The molecule has 0 atom stereocenters. The van der Waals surface area contributed by atoms with Crippen LogP contribution >= 0.6 is 0 Å². The molecule has 12 rings (SSSR count). The molecule has 59 heavy (non-hydrogen) atoms. The van der Waals surface area contributed by atoms with E-state index in [0.29, 0.717) is 17.5 Å². The molecule has 0 saturated heterocycles. The number of aromatic nitrogens is 4. The van der Waals surface area contributed by atoms with Crippen LogP contribution in [0.15, 0.2) is 199 Å². The Bertz CT molecular complexity index is 3610. The zero-order valence-corrected chi connectivity index (χ0v) is 31.7. The summed E-state index contributed by atoms with van der Waals surface area (Å²) in [6, 6.07) is 67.4. The van der Waals surface area contributed by atoms with Crippen LogP contribution in [-0.2, 0) is 0 Å². The Balaban J connectivity index is 1.02. The van der Waals surface area contributed by atoms with E-state index in [9.17, 15) is 0 Å². The number of nitrogens with zero attached hydrogens (tertiary/aromatic N) is 4. The first-order valence-corrected chi connectivity index (χ1v) is 19.8. The van der Waals surface area contributed by atoms with Gasteiger partial charge in [-0.25, -0.2) is 19.9 Å². The van der Waals surface area contributed by atoms with Gasteiger partial charge in [-0.05, 0) is 56.3 Å². The lowest BCUT2D eigenvalue weighted by atomic mass is 9.93. The molecule has 0 bridgehead atoms. The second-order valence-corrected chi connectivity index (χ2v) is 14.9. The molecule has 0 aliphatic heterocycles. The Hall–Kier alpha value is -8.02. The van der Waals surface area contributed by atoms with Crippen molar-refractivity contribution in [3.05, 3.63) is 194 Å². The summed E-state index contributed by atoms with van der Waals surface area (Å²) in [5, 5.41) is 10.2. The maximum atomic E-state index is 6.29. The Labute approximate surface area is 338 Å². The van der Waals surface area contributed by atoms with Gasteiger partial charge in [0.15, 0.2) is 17.5 Å². The van der Waals surface area contributed by atoms with Crippen molar-refractivity contribution in [3.8, 4) is 56.5 Å². The third-order valence-electron chi connectivity index (χ3n) is 11.5. The monoisotopic (exact) mass is 752 g/mol. The summed E-state index contributed by atoms with van der Waals surface area (Å²) in [6.45, 7) is 0. The second-order valence-electron chi connectivity index (χ2n) is 14.9. The summed E-state index contributed by atoms with van der Waals surface area (Å²) in [7, 11) is 0. The van der Waals surface area contributed by atoms with Crippen molar-refractivity contribution in [2.75, 3.05) is 0 Å². The molecular formula is C54H32N4O. The number of pyridine rings is 1. The molecule has 5 heteroatoms. The van der Waals surface area contributed by atoms with Crippen LogP contribution < -0.4 is 0 Å².